The van der Waals surface area contributed by atoms with E-state index >= 15 is 0 Å². The van der Waals surface area contributed by atoms with E-state index in [1.54, 1.807) is 6.07 Å². The van der Waals surface area contributed by atoms with E-state index in [1.807, 2.05) is 31.7 Å². The van der Waals surface area contributed by atoms with E-state index in [0.29, 0.717) is 5.69 Å². The molecule has 2 aromatic rings. The van der Waals surface area contributed by atoms with Crippen molar-refractivity contribution in [2.45, 2.75) is 0 Å². The molecule has 2 fully saturated rings. The van der Waals surface area contributed by atoms with Crippen LogP contribution in [0.15, 0.2) is 12.1 Å². The summed E-state index contributed by atoms with van der Waals surface area (Å²) < 4.78 is 14.4. The summed E-state index contributed by atoms with van der Waals surface area (Å²) in [6.45, 7) is 3.60. The minimum Gasteiger partial charge on any atom is -0.367 e. The maximum atomic E-state index is 14.4. The fraction of sp³-hybridized carbons (Fsp3) is 0.294. The van der Waals surface area contributed by atoms with Gasteiger partial charge < -0.3 is 14.8 Å². The minimum absolute atomic E-state index is 0.185. The second-order valence-electron chi connectivity index (χ2n) is 5.87. The highest BCUT2D eigenvalue weighted by molar-refractivity contribution is 5.81. The largest absolute Gasteiger partial charge is 0.367 e. The average molecular weight is 297 g/mol. The van der Waals surface area contributed by atoms with Gasteiger partial charge in [-0.25, -0.2) is 9.37 Å². The van der Waals surface area contributed by atoms with Crippen LogP contribution >= 0.6 is 0 Å². The lowest BCUT2D eigenvalue weighted by molar-refractivity contribution is 0.312. The highest BCUT2D eigenvalue weighted by Crippen LogP contribution is 2.31. The van der Waals surface area contributed by atoms with Crippen molar-refractivity contribution in [3.05, 3.63) is 55.4 Å². The summed E-state index contributed by atoms with van der Waals surface area (Å²) >= 11 is 0. The third-order valence-corrected chi connectivity index (χ3v) is 4.33. The fourth-order valence-corrected chi connectivity index (χ4v) is 2.98. The maximum Gasteiger partial charge on any atom is 0.148 e. The molecule has 1 aromatic heterocycles. The van der Waals surface area contributed by atoms with Gasteiger partial charge in [0.05, 0.1) is 16.7 Å². The monoisotopic (exact) mass is 297 g/mol. The van der Waals surface area contributed by atoms with Crippen molar-refractivity contribution in [1.29, 1.82) is 0 Å². The molecule has 113 valence electrons. The van der Waals surface area contributed by atoms with Crippen LogP contribution in [0.3, 0.4) is 0 Å². The van der Waals surface area contributed by atoms with Crippen molar-refractivity contribution in [2.75, 3.05) is 38.1 Å². The Labute approximate surface area is 130 Å². The van der Waals surface area contributed by atoms with Crippen LogP contribution in [0.2, 0.25) is 0 Å². The Hall–Kier alpha value is -1.62. The molecule has 0 atom stereocenters. The Bertz CT molecular complexity index is 667. The molecule has 2 aliphatic rings. The first-order valence-electron chi connectivity index (χ1n) is 7.55. The topological polar surface area (TPSA) is 35.2 Å². The Morgan fingerprint density at radius 2 is 1.82 bits per heavy atom. The first kappa shape index (κ1) is 14.0. The molecule has 0 unspecified atom stereocenters. The van der Waals surface area contributed by atoms with Crippen LogP contribution in [0, 0.1) is 37.4 Å². The molecule has 4 rings (SSSR count). The lowest BCUT2D eigenvalue weighted by atomic mass is 10.1. The number of halogens is 1. The molecular weight excluding hydrogens is 279 g/mol. The van der Waals surface area contributed by atoms with Gasteiger partial charge in [-0.15, -0.1) is 0 Å². The number of aromatic nitrogens is 2. The first-order chi connectivity index (χ1) is 10.7. The van der Waals surface area contributed by atoms with Gasteiger partial charge in [0.1, 0.15) is 11.6 Å². The molecule has 1 aliphatic carbocycles. The molecular formula is C17H18FN4. The number of fused-ring (bicyclic) bond motifs is 1. The highest BCUT2D eigenvalue weighted by atomic mass is 19.1. The molecule has 0 bridgehead atoms. The Morgan fingerprint density at radius 3 is 2.55 bits per heavy atom. The zero-order valence-electron chi connectivity index (χ0n) is 12.5. The summed E-state index contributed by atoms with van der Waals surface area (Å²) in [4.78, 5) is 12.2. The van der Waals surface area contributed by atoms with E-state index in [2.05, 4.69) is 26.8 Å². The standard InChI is InChI=1S/C17H18FN4/c1-21-6-8-22(9-7-21)16-11-15-14(10-13(16)18)19-17(20-15)12-4-2-3-5-12/h2-5,10-11H,6-9H2,1H3,(H,19,20). The number of benzene rings is 1. The number of anilines is 1. The van der Waals surface area contributed by atoms with Crippen molar-refractivity contribution in [2.24, 2.45) is 0 Å². The van der Waals surface area contributed by atoms with Crippen LogP contribution in [-0.2, 0) is 0 Å². The van der Waals surface area contributed by atoms with Crippen LogP contribution in [-0.4, -0.2) is 48.1 Å². The summed E-state index contributed by atoms with van der Waals surface area (Å²) in [7, 11) is 2.09. The van der Waals surface area contributed by atoms with Gasteiger partial charge in [-0.05, 0) is 38.8 Å². The number of hydrogen-bond donors (Lipinski definition) is 1. The Balaban J connectivity index is 1.66. The molecule has 1 N–H and O–H groups in total. The van der Waals surface area contributed by atoms with Crippen LogP contribution < -0.4 is 4.90 Å². The molecule has 22 heavy (non-hydrogen) atoms. The number of imidazole rings is 1. The van der Waals surface area contributed by atoms with E-state index in [4.69, 9.17) is 0 Å². The number of nitrogens with one attached hydrogen (secondary N) is 1. The second-order valence-corrected chi connectivity index (χ2v) is 5.87. The van der Waals surface area contributed by atoms with Crippen molar-refractivity contribution in [1.82, 2.24) is 14.9 Å². The number of nitrogens with zero attached hydrogens (tertiary/aromatic N) is 3. The van der Waals surface area contributed by atoms with E-state index in [0.717, 1.165) is 49.0 Å². The number of aromatic amines is 1. The zero-order valence-corrected chi connectivity index (χ0v) is 12.5. The normalized spacial score (nSPS) is 21.1. The summed E-state index contributed by atoms with van der Waals surface area (Å²) in [6.07, 6.45) is 7.93. The number of piperazine rings is 1. The summed E-state index contributed by atoms with van der Waals surface area (Å²) in [5, 5.41) is 0. The number of rotatable bonds is 2. The molecule has 4 nitrogen and oxygen atoms in total. The number of likely N-dealkylation sites (N-methyl/N-ethyl adjacent to an activating group) is 1. The van der Waals surface area contributed by atoms with E-state index in [-0.39, 0.29) is 5.82 Å². The van der Waals surface area contributed by atoms with Crippen LogP contribution in [0.5, 0.6) is 0 Å². The number of hydrogen-bond acceptors (Lipinski definition) is 3. The predicted molar refractivity (Wildman–Crippen MR) is 85.3 cm³/mol. The van der Waals surface area contributed by atoms with Crippen LogP contribution in [0.1, 0.15) is 5.82 Å². The molecule has 5 radical (unpaired) electrons. The summed E-state index contributed by atoms with van der Waals surface area (Å²) in [5.41, 5.74) is 2.21. The van der Waals surface area contributed by atoms with Crippen molar-refractivity contribution in [3.63, 3.8) is 0 Å². The fourth-order valence-electron chi connectivity index (χ4n) is 2.98. The van der Waals surface area contributed by atoms with Crippen LogP contribution in [0.25, 0.3) is 11.0 Å². The third kappa shape index (κ3) is 2.47. The molecule has 1 aromatic carbocycles. The smallest absolute Gasteiger partial charge is 0.148 e. The quantitative estimate of drug-likeness (QED) is 0.923. The van der Waals surface area contributed by atoms with Gasteiger partial charge in [0.2, 0.25) is 0 Å². The van der Waals surface area contributed by atoms with Gasteiger partial charge in [0, 0.05) is 38.2 Å². The molecule has 0 spiro atoms. The molecule has 1 saturated carbocycles. The first-order valence-corrected chi connectivity index (χ1v) is 7.55. The molecule has 1 aliphatic heterocycles. The van der Waals surface area contributed by atoms with Gasteiger partial charge in [0.25, 0.3) is 0 Å². The van der Waals surface area contributed by atoms with E-state index in [9.17, 15) is 4.39 Å². The average Bonchev–Trinajstić information content (AvgIpc) is 3.15. The Morgan fingerprint density at radius 1 is 1.09 bits per heavy atom. The summed E-state index contributed by atoms with van der Waals surface area (Å²) in [6, 6.07) is 3.42. The van der Waals surface area contributed by atoms with Gasteiger partial charge in [0.15, 0.2) is 0 Å². The lowest BCUT2D eigenvalue weighted by Gasteiger charge is -2.34. The van der Waals surface area contributed by atoms with Gasteiger partial charge in [-0.1, -0.05) is 0 Å². The van der Waals surface area contributed by atoms with Crippen molar-refractivity contribution in [3.8, 4) is 0 Å². The minimum atomic E-state index is -0.185. The van der Waals surface area contributed by atoms with Gasteiger partial charge >= 0.3 is 0 Å². The highest BCUT2D eigenvalue weighted by Gasteiger charge is 2.23. The SMILES string of the molecule is CN1CCN(c2cc3nc([C]4[CH][CH][CH][CH]4)[nH]c3cc2F)CC1. The maximum absolute atomic E-state index is 14.4. The van der Waals surface area contributed by atoms with Crippen LogP contribution in [0.4, 0.5) is 10.1 Å². The predicted octanol–water partition coefficient (Wildman–Crippen LogP) is 2.21. The van der Waals surface area contributed by atoms with E-state index < -0.39 is 0 Å². The third-order valence-electron chi connectivity index (χ3n) is 4.33. The molecule has 5 heteroatoms. The number of H-pyrrole nitrogens is 1. The van der Waals surface area contributed by atoms with Crippen molar-refractivity contribution >= 4 is 16.7 Å². The zero-order chi connectivity index (χ0) is 15.1. The van der Waals surface area contributed by atoms with Gasteiger partial charge in [-0.3, -0.25) is 0 Å². The molecule has 1 saturated heterocycles. The molecule has 0 amide bonds. The van der Waals surface area contributed by atoms with Gasteiger partial charge in [-0.2, -0.15) is 0 Å². The van der Waals surface area contributed by atoms with Crippen molar-refractivity contribution < 1.29 is 4.39 Å². The molecule has 2 heterocycles. The summed E-state index contributed by atoms with van der Waals surface area (Å²) in [5.74, 6) is 1.63. The Kier molecular flexibility index (Phi) is 3.53. The second kappa shape index (κ2) is 5.54. The van der Waals surface area contributed by atoms with E-state index in [1.165, 1.54) is 0 Å². The lowest BCUT2D eigenvalue weighted by Crippen LogP contribution is -2.44.